The quantitative estimate of drug-likeness (QED) is 0.768. The van der Waals surface area contributed by atoms with Gasteiger partial charge in [0.2, 0.25) is 0 Å². The van der Waals surface area contributed by atoms with Gasteiger partial charge in [0.05, 0.1) is 5.69 Å². The molecule has 0 fully saturated rings. The van der Waals surface area contributed by atoms with Gasteiger partial charge >= 0.3 is 0 Å². The third-order valence-corrected chi connectivity index (χ3v) is 2.94. The number of aryl methyl sites for hydroxylation is 2. The first-order chi connectivity index (χ1) is 8.62. The molecule has 1 amide bonds. The molecule has 5 heteroatoms. The number of nitrogens with zero attached hydrogens (tertiary/aromatic N) is 2. The van der Waals surface area contributed by atoms with Gasteiger partial charge in [0.1, 0.15) is 5.69 Å². The Bertz CT molecular complexity index is 386. The third kappa shape index (κ3) is 3.84. The molecule has 0 aliphatic rings. The number of amides is 1. The number of hydrogen-bond acceptors (Lipinski definition) is 3. The largest absolute Gasteiger partial charge is 0.348 e. The van der Waals surface area contributed by atoms with E-state index < -0.39 is 0 Å². The van der Waals surface area contributed by atoms with Gasteiger partial charge in [0.25, 0.3) is 5.91 Å². The Morgan fingerprint density at radius 3 is 2.83 bits per heavy atom. The van der Waals surface area contributed by atoms with E-state index in [-0.39, 0.29) is 11.9 Å². The molecule has 0 aliphatic carbocycles. The van der Waals surface area contributed by atoms with Gasteiger partial charge in [-0.15, -0.1) is 0 Å². The molecule has 0 saturated heterocycles. The standard InChI is InChI=1S/C13H24N4O/c1-4-11-9-12(17(5-2)16-11)13(18)15-10(3)7-6-8-14/h9-10H,4-8,14H2,1-3H3,(H,15,18). The van der Waals surface area contributed by atoms with Crippen LogP contribution in [0.1, 0.15) is 49.8 Å². The molecular formula is C13H24N4O. The van der Waals surface area contributed by atoms with Crippen molar-refractivity contribution in [3.8, 4) is 0 Å². The molecule has 1 aromatic heterocycles. The summed E-state index contributed by atoms with van der Waals surface area (Å²) >= 11 is 0. The minimum Gasteiger partial charge on any atom is -0.348 e. The van der Waals surface area contributed by atoms with Gasteiger partial charge in [-0.3, -0.25) is 9.48 Å². The van der Waals surface area contributed by atoms with Crippen LogP contribution in [0.2, 0.25) is 0 Å². The highest BCUT2D eigenvalue weighted by atomic mass is 16.2. The normalized spacial score (nSPS) is 12.4. The molecule has 5 nitrogen and oxygen atoms in total. The topological polar surface area (TPSA) is 72.9 Å². The summed E-state index contributed by atoms with van der Waals surface area (Å²) in [6, 6.07) is 2.01. The first-order valence-corrected chi connectivity index (χ1v) is 6.70. The van der Waals surface area contributed by atoms with Gasteiger partial charge in [-0.2, -0.15) is 5.10 Å². The number of carbonyl (C=O) groups is 1. The fourth-order valence-electron chi connectivity index (χ4n) is 1.86. The zero-order valence-corrected chi connectivity index (χ0v) is 11.6. The van der Waals surface area contributed by atoms with Crippen molar-refractivity contribution in [2.45, 2.75) is 52.6 Å². The Hall–Kier alpha value is -1.36. The van der Waals surface area contributed by atoms with Crippen LogP contribution < -0.4 is 11.1 Å². The Kier molecular flexibility index (Phi) is 5.85. The Labute approximate surface area is 109 Å². The minimum absolute atomic E-state index is 0.0476. The second kappa shape index (κ2) is 7.16. The van der Waals surface area contributed by atoms with Crippen LogP contribution >= 0.6 is 0 Å². The maximum absolute atomic E-state index is 12.1. The number of hydrogen-bond donors (Lipinski definition) is 2. The summed E-state index contributed by atoms with van der Waals surface area (Å²) < 4.78 is 1.75. The molecular weight excluding hydrogens is 228 g/mol. The first kappa shape index (κ1) is 14.7. The van der Waals surface area contributed by atoms with Crippen molar-refractivity contribution in [2.24, 2.45) is 5.73 Å². The van der Waals surface area contributed by atoms with Crippen LogP contribution in [0, 0.1) is 0 Å². The summed E-state index contributed by atoms with van der Waals surface area (Å²) in [5.74, 6) is -0.0476. The van der Waals surface area contributed by atoms with E-state index in [0.717, 1.165) is 25.0 Å². The molecule has 102 valence electrons. The molecule has 0 radical (unpaired) electrons. The van der Waals surface area contributed by atoms with Gasteiger partial charge in [-0.1, -0.05) is 6.92 Å². The molecule has 3 N–H and O–H groups in total. The van der Waals surface area contributed by atoms with Crippen molar-refractivity contribution in [1.29, 1.82) is 0 Å². The SMILES string of the molecule is CCc1cc(C(=O)NC(C)CCCN)n(CC)n1. The molecule has 0 saturated carbocycles. The number of aromatic nitrogens is 2. The van der Waals surface area contributed by atoms with Gasteiger partial charge in [0, 0.05) is 12.6 Å². The lowest BCUT2D eigenvalue weighted by Gasteiger charge is -2.13. The molecule has 0 spiro atoms. The van der Waals surface area contributed by atoms with Crippen molar-refractivity contribution in [1.82, 2.24) is 15.1 Å². The van der Waals surface area contributed by atoms with Gasteiger partial charge < -0.3 is 11.1 Å². The summed E-state index contributed by atoms with van der Waals surface area (Å²) in [4.78, 5) is 12.1. The predicted molar refractivity (Wildman–Crippen MR) is 72.5 cm³/mol. The summed E-state index contributed by atoms with van der Waals surface area (Å²) in [5, 5.41) is 7.36. The fourth-order valence-corrected chi connectivity index (χ4v) is 1.86. The smallest absolute Gasteiger partial charge is 0.269 e. The molecule has 1 atom stereocenters. The van der Waals surface area contributed by atoms with Crippen molar-refractivity contribution in [3.63, 3.8) is 0 Å². The molecule has 0 aromatic carbocycles. The molecule has 1 rings (SSSR count). The molecule has 1 unspecified atom stereocenters. The summed E-state index contributed by atoms with van der Waals surface area (Å²) in [6.07, 6.45) is 2.67. The van der Waals surface area contributed by atoms with Crippen molar-refractivity contribution < 1.29 is 4.79 Å². The third-order valence-electron chi connectivity index (χ3n) is 2.94. The second-order valence-corrected chi connectivity index (χ2v) is 4.50. The Balaban J connectivity index is 2.68. The van der Waals surface area contributed by atoms with E-state index in [1.165, 1.54) is 0 Å². The van der Waals surface area contributed by atoms with E-state index >= 15 is 0 Å². The van der Waals surface area contributed by atoms with Crippen molar-refractivity contribution in [3.05, 3.63) is 17.5 Å². The summed E-state index contributed by atoms with van der Waals surface area (Å²) in [7, 11) is 0. The van der Waals surface area contributed by atoms with Crippen molar-refractivity contribution in [2.75, 3.05) is 6.54 Å². The van der Waals surface area contributed by atoms with Crippen LogP contribution in [-0.4, -0.2) is 28.3 Å². The zero-order chi connectivity index (χ0) is 13.5. The van der Waals surface area contributed by atoms with E-state index in [2.05, 4.69) is 10.4 Å². The van der Waals surface area contributed by atoms with Gasteiger partial charge in [-0.05, 0) is 45.7 Å². The van der Waals surface area contributed by atoms with E-state index in [9.17, 15) is 4.79 Å². The maximum Gasteiger partial charge on any atom is 0.269 e. The number of carbonyl (C=O) groups excluding carboxylic acids is 1. The van der Waals surface area contributed by atoms with Crippen LogP contribution in [0.3, 0.4) is 0 Å². The lowest BCUT2D eigenvalue weighted by molar-refractivity contribution is 0.0927. The fraction of sp³-hybridized carbons (Fsp3) is 0.692. The van der Waals surface area contributed by atoms with Crippen LogP contribution in [0.25, 0.3) is 0 Å². The number of rotatable bonds is 7. The van der Waals surface area contributed by atoms with E-state index in [4.69, 9.17) is 5.73 Å². The average Bonchev–Trinajstić information content (AvgIpc) is 2.79. The van der Waals surface area contributed by atoms with Crippen LogP contribution in [0.15, 0.2) is 6.07 Å². The average molecular weight is 252 g/mol. The Morgan fingerprint density at radius 2 is 2.28 bits per heavy atom. The van der Waals surface area contributed by atoms with Crippen LogP contribution in [0.4, 0.5) is 0 Å². The molecule has 0 aliphatic heterocycles. The van der Waals surface area contributed by atoms with Gasteiger partial charge in [0.15, 0.2) is 0 Å². The first-order valence-electron chi connectivity index (χ1n) is 6.70. The molecule has 1 heterocycles. The van der Waals surface area contributed by atoms with Crippen molar-refractivity contribution >= 4 is 5.91 Å². The van der Waals surface area contributed by atoms with Gasteiger partial charge in [-0.25, -0.2) is 0 Å². The zero-order valence-electron chi connectivity index (χ0n) is 11.6. The number of nitrogens with one attached hydrogen (secondary N) is 1. The van der Waals surface area contributed by atoms with Crippen LogP contribution in [-0.2, 0) is 13.0 Å². The summed E-state index contributed by atoms with van der Waals surface area (Å²) in [6.45, 7) is 7.39. The Morgan fingerprint density at radius 1 is 1.56 bits per heavy atom. The molecule has 0 bridgehead atoms. The van der Waals surface area contributed by atoms with E-state index in [1.807, 2.05) is 26.8 Å². The monoisotopic (exact) mass is 252 g/mol. The highest BCUT2D eigenvalue weighted by Crippen LogP contribution is 2.06. The van der Waals surface area contributed by atoms with E-state index in [0.29, 0.717) is 18.8 Å². The van der Waals surface area contributed by atoms with Crippen LogP contribution in [0.5, 0.6) is 0 Å². The lowest BCUT2D eigenvalue weighted by atomic mass is 10.2. The predicted octanol–water partition coefficient (Wildman–Crippen LogP) is 1.32. The second-order valence-electron chi connectivity index (χ2n) is 4.50. The number of nitrogens with two attached hydrogens (primary N) is 1. The lowest BCUT2D eigenvalue weighted by Crippen LogP contribution is -2.34. The van der Waals surface area contributed by atoms with E-state index in [1.54, 1.807) is 4.68 Å². The highest BCUT2D eigenvalue weighted by Gasteiger charge is 2.15. The molecule has 18 heavy (non-hydrogen) atoms. The maximum atomic E-state index is 12.1. The minimum atomic E-state index is -0.0476. The highest BCUT2D eigenvalue weighted by molar-refractivity contribution is 5.92. The molecule has 1 aromatic rings. The summed E-state index contributed by atoms with van der Waals surface area (Å²) in [5.41, 5.74) is 7.06.